The molecule has 2 aromatic rings. The Kier molecular flexibility index (Phi) is 4.55. The number of hydrogen-bond donors (Lipinski definition) is 2. The first-order chi connectivity index (χ1) is 11.0. The number of thiophene rings is 1. The summed E-state index contributed by atoms with van der Waals surface area (Å²) < 4.78 is 0.910. The van der Waals surface area contributed by atoms with Crippen LogP contribution in [0.2, 0.25) is 0 Å². The van der Waals surface area contributed by atoms with Crippen LogP contribution in [0.3, 0.4) is 0 Å². The smallest absolute Gasteiger partial charge is 0.256 e. The molecule has 3 rings (SSSR count). The van der Waals surface area contributed by atoms with Crippen molar-refractivity contribution in [3.8, 4) is 0 Å². The number of fused-ring (bicyclic) bond motifs is 1. The van der Waals surface area contributed by atoms with E-state index < -0.39 is 5.91 Å². The van der Waals surface area contributed by atoms with E-state index >= 15 is 0 Å². The van der Waals surface area contributed by atoms with Crippen molar-refractivity contribution in [2.45, 2.75) is 26.2 Å². The van der Waals surface area contributed by atoms with Gasteiger partial charge in [0.25, 0.3) is 11.8 Å². The number of nitrogens with two attached hydrogens (primary N) is 1. The number of primary amides is 1. The lowest BCUT2D eigenvalue weighted by molar-refractivity contribution is 0.1000. The lowest BCUT2D eigenvalue weighted by Gasteiger charge is -2.18. The van der Waals surface area contributed by atoms with Crippen molar-refractivity contribution in [1.82, 2.24) is 0 Å². The van der Waals surface area contributed by atoms with Gasteiger partial charge in [-0.25, -0.2) is 0 Å². The molecule has 0 bridgehead atoms. The van der Waals surface area contributed by atoms with Crippen LogP contribution in [0.4, 0.5) is 5.00 Å². The van der Waals surface area contributed by atoms with Crippen molar-refractivity contribution in [2.24, 2.45) is 11.7 Å². The van der Waals surface area contributed by atoms with Gasteiger partial charge in [-0.2, -0.15) is 0 Å². The molecule has 0 saturated heterocycles. The maximum atomic E-state index is 12.4. The average molecular weight is 393 g/mol. The molecule has 1 atom stereocenters. The molecule has 1 aliphatic rings. The molecule has 3 N–H and O–H groups in total. The van der Waals surface area contributed by atoms with Gasteiger partial charge in [0, 0.05) is 14.9 Å². The van der Waals surface area contributed by atoms with E-state index in [1.165, 1.54) is 16.2 Å². The molecule has 0 spiro atoms. The van der Waals surface area contributed by atoms with E-state index in [4.69, 9.17) is 5.73 Å². The molecule has 0 radical (unpaired) electrons. The van der Waals surface area contributed by atoms with Gasteiger partial charge in [-0.3, -0.25) is 9.59 Å². The zero-order valence-corrected chi connectivity index (χ0v) is 15.1. The summed E-state index contributed by atoms with van der Waals surface area (Å²) in [5.74, 6) is -0.105. The quantitative estimate of drug-likeness (QED) is 0.828. The van der Waals surface area contributed by atoms with Gasteiger partial charge in [0.2, 0.25) is 0 Å². The molecule has 2 amide bonds. The molecule has 0 fully saturated rings. The Balaban J connectivity index is 1.92. The molecular formula is C17H17BrN2O2S. The number of halogens is 1. The number of carbonyl (C=O) groups excluding carboxylic acids is 2. The first-order valence-corrected chi connectivity index (χ1v) is 9.08. The number of rotatable bonds is 3. The van der Waals surface area contributed by atoms with Gasteiger partial charge < -0.3 is 11.1 Å². The summed E-state index contributed by atoms with van der Waals surface area (Å²) in [6.45, 7) is 2.20. The standard InChI is InChI=1S/C17H17BrN2O2S/c1-9-2-7-12-13(8-9)23-17(14(12)15(19)21)20-16(22)10-3-5-11(18)6-4-10/h3-6,9H,2,7-8H2,1H3,(H2,19,21)(H,20,22)/t9-/m0/s1. The summed E-state index contributed by atoms with van der Waals surface area (Å²) in [6.07, 6.45) is 2.83. The Hall–Kier alpha value is -1.66. The third kappa shape index (κ3) is 3.33. The fourth-order valence-corrected chi connectivity index (χ4v) is 4.55. The third-order valence-corrected chi connectivity index (χ3v) is 5.79. The number of amides is 2. The van der Waals surface area contributed by atoms with Crippen LogP contribution < -0.4 is 11.1 Å². The molecule has 0 aliphatic heterocycles. The molecule has 6 heteroatoms. The fraction of sp³-hybridized carbons (Fsp3) is 0.294. The Morgan fingerprint density at radius 2 is 2.00 bits per heavy atom. The van der Waals surface area contributed by atoms with Gasteiger partial charge in [0.05, 0.1) is 5.56 Å². The van der Waals surface area contributed by atoms with Gasteiger partial charge in [0.15, 0.2) is 0 Å². The number of hydrogen-bond acceptors (Lipinski definition) is 3. The predicted octanol–water partition coefficient (Wildman–Crippen LogP) is 3.99. The lowest BCUT2D eigenvalue weighted by Crippen LogP contribution is -2.19. The molecule has 1 aromatic carbocycles. The van der Waals surface area contributed by atoms with Gasteiger partial charge in [-0.05, 0) is 55.0 Å². The molecule has 1 aliphatic carbocycles. The molecule has 120 valence electrons. The van der Waals surface area contributed by atoms with Crippen LogP contribution in [0.1, 0.15) is 44.5 Å². The minimum atomic E-state index is -0.469. The van der Waals surface area contributed by atoms with Crippen LogP contribution in [0, 0.1) is 5.92 Å². The Morgan fingerprint density at radius 3 is 2.65 bits per heavy atom. The molecule has 0 saturated carbocycles. The molecule has 4 nitrogen and oxygen atoms in total. The predicted molar refractivity (Wildman–Crippen MR) is 96.1 cm³/mol. The molecule has 1 heterocycles. The zero-order valence-electron chi connectivity index (χ0n) is 12.7. The minimum Gasteiger partial charge on any atom is -0.365 e. The number of nitrogens with one attached hydrogen (secondary N) is 1. The van der Waals surface area contributed by atoms with Crippen LogP contribution in [0.5, 0.6) is 0 Å². The number of benzene rings is 1. The van der Waals surface area contributed by atoms with Crippen LogP contribution in [0.15, 0.2) is 28.7 Å². The van der Waals surface area contributed by atoms with Crippen LogP contribution in [0.25, 0.3) is 0 Å². The van der Waals surface area contributed by atoms with Gasteiger partial charge >= 0.3 is 0 Å². The van der Waals surface area contributed by atoms with Crippen molar-refractivity contribution < 1.29 is 9.59 Å². The lowest BCUT2D eigenvalue weighted by atomic mass is 9.88. The highest BCUT2D eigenvalue weighted by atomic mass is 79.9. The first kappa shape index (κ1) is 16.2. The van der Waals surface area contributed by atoms with E-state index in [1.54, 1.807) is 12.1 Å². The number of carbonyl (C=O) groups is 2. The Bertz CT molecular complexity index is 768. The van der Waals surface area contributed by atoms with Crippen molar-refractivity contribution in [1.29, 1.82) is 0 Å². The molecule has 0 unspecified atom stereocenters. The highest BCUT2D eigenvalue weighted by molar-refractivity contribution is 9.10. The van der Waals surface area contributed by atoms with Crippen molar-refractivity contribution >= 4 is 44.1 Å². The highest BCUT2D eigenvalue weighted by Crippen LogP contribution is 2.39. The molecular weight excluding hydrogens is 376 g/mol. The second kappa shape index (κ2) is 6.45. The fourth-order valence-electron chi connectivity index (χ4n) is 2.88. The van der Waals surface area contributed by atoms with Gasteiger partial charge in [-0.15, -0.1) is 11.3 Å². The largest absolute Gasteiger partial charge is 0.365 e. The SMILES string of the molecule is C[C@H]1CCc2c(sc(NC(=O)c3ccc(Br)cc3)c2C(N)=O)C1. The summed E-state index contributed by atoms with van der Waals surface area (Å²) >= 11 is 4.82. The van der Waals surface area contributed by atoms with E-state index in [0.717, 1.165) is 29.3 Å². The zero-order chi connectivity index (χ0) is 16.6. The summed E-state index contributed by atoms with van der Waals surface area (Å²) in [7, 11) is 0. The van der Waals surface area contributed by atoms with Crippen LogP contribution in [-0.4, -0.2) is 11.8 Å². The minimum absolute atomic E-state index is 0.230. The number of anilines is 1. The van der Waals surface area contributed by atoms with Crippen LogP contribution in [-0.2, 0) is 12.8 Å². The summed E-state index contributed by atoms with van der Waals surface area (Å²) in [6, 6.07) is 7.09. The van der Waals surface area contributed by atoms with E-state index in [1.807, 2.05) is 12.1 Å². The Labute approximate surface area is 147 Å². The van der Waals surface area contributed by atoms with E-state index in [9.17, 15) is 9.59 Å². The van der Waals surface area contributed by atoms with E-state index in [2.05, 4.69) is 28.2 Å². The average Bonchev–Trinajstić information content (AvgIpc) is 2.84. The van der Waals surface area contributed by atoms with Crippen molar-refractivity contribution in [3.63, 3.8) is 0 Å². The van der Waals surface area contributed by atoms with E-state index in [0.29, 0.717) is 22.0 Å². The maximum absolute atomic E-state index is 12.4. The summed E-state index contributed by atoms with van der Waals surface area (Å²) in [5, 5.41) is 3.44. The summed E-state index contributed by atoms with van der Waals surface area (Å²) in [5.41, 5.74) is 7.62. The third-order valence-electron chi connectivity index (χ3n) is 4.09. The summed E-state index contributed by atoms with van der Waals surface area (Å²) in [4.78, 5) is 25.4. The van der Waals surface area contributed by atoms with Gasteiger partial charge in [-0.1, -0.05) is 22.9 Å². The van der Waals surface area contributed by atoms with Crippen molar-refractivity contribution in [3.05, 3.63) is 50.3 Å². The van der Waals surface area contributed by atoms with Crippen LogP contribution >= 0.6 is 27.3 Å². The monoisotopic (exact) mass is 392 g/mol. The first-order valence-electron chi connectivity index (χ1n) is 7.47. The van der Waals surface area contributed by atoms with Crippen molar-refractivity contribution in [2.75, 3.05) is 5.32 Å². The van der Waals surface area contributed by atoms with Gasteiger partial charge in [0.1, 0.15) is 5.00 Å². The van der Waals surface area contributed by atoms with E-state index in [-0.39, 0.29) is 5.91 Å². The highest BCUT2D eigenvalue weighted by Gasteiger charge is 2.27. The second-order valence-electron chi connectivity index (χ2n) is 5.88. The molecule has 1 aromatic heterocycles. The topological polar surface area (TPSA) is 72.2 Å². The normalized spacial score (nSPS) is 16.7. The molecule has 23 heavy (non-hydrogen) atoms. The second-order valence-corrected chi connectivity index (χ2v) is 7.90. The Morgan fingerprint density at radius 1 is 1.30 bits per heavy atom. The maximum Gasteiger partial charge on any atom is 0.256 e.